The van der Waals surface area contributed by atoms with Gasteiger partial charge >= 0.3 is 0 Å². The molecule has 0 amide bonds. The maximum Gasteiger partial charge on any atom is 0.186 e. The lowest BCUT2D eigenvalue weighted by Crippen LogP contribution is -2.79. The third-order valence-electron chi connectivity index (χ3n) is 7.13. The number of unbranched alkanes of at least 4 members (excludes halogenated alkanes) is 2. The molecular weight excluding hydrogens is 466 g/mol. The monoisotopic (exact) mass is 512 g/mol. The topological polar surface area (TPSA) is 33.9 Å². The second kappa shape index (κ2) is 15.5. The highest BCUT2D eigenvalue weighted by Gasteiger charge is 2.13. The van der Waals surface area contributed by atoms with Crippen molar-refractivity contribution in [3.63, 3.8) is 0 Å². The number of rotatable bonds is 16. The van der Waals surface area contributed by atoms with Crippen molar-refractivity contribution in [1.82, 2.24) is 4.57 Å². The summed E-state index contributed by atoms with van der Waals surface area (Å²) in [6.45, 7) is 11.5. The molecule has 2 unspecified atom stereocenters. The third-order valence-corrected chi connectivity index (χ3v) is 9.16. The lowest BCUT2D eigenvalue weighted by atomic mass is 9.99. The van der Waals surface area contributed by atoms with Crippen molar-refractivity contribution in [2.75, 3.05) is 12.4 Å². The van der Waals surface area contributed by atoms with Crippen LogP contribution in [0.5, 0.6) is 0 Å². The summed E-state index contributed by atoms with van der Waals surface area (Å²) in [5.41, 5.74) is 2.71. The van der Waals surface area contributed by atoms with Gasteiger partial charge in [0, 0.05) is 18.5 Å². The maximum atomic E-state index is 5.13. The lowest BCUT2D eigenvalue weighted by Gasteiger charge is -2.16. The van der Waals surface area contributed by atoms with Crippen molar-refractivity contribution >= 4 is 39.0 Å². The molecule has 1 heterocycles. The molecule has 0 bridgehead atoms. The number of para-hydroxylation sites is 2. The first kappa shape index (κ1) is 28.0. The molecule has 0 saturated carbocycles. The average Bonchev–Trinajstić information content (AvgIpc) is 3.24. The van der Waals surface area contributed by atoms with E-state index in [1.54, 1.807) is 0 Å². The van der Waals surface area contributed by atoms with E-state index in [0.717, 1.165) is 18.3 Å². The first-order chi connectivity index (χ1) is 17.2. The third kappa shape index (κ3) is 8.51. The highest BCUT2D eigenvalue weighted by Crippen LogP contribution is 2.25. The van der Waals surface area contributed by atoms with Crippen LogP contribution in [-0.2, 0) is 6.54 Å². The number of benzene rings is 2. The highest BCUT2D eigenvalue weighted by atomic mass is 32.2. The smallest absolute Gasteiger partial charge is 0.186 e. The van der Waals surface area contributed by atoms with E-state index in [4.69, 9.17) is 4.99 Å². The van der Waals surface area contributed by atoms with Gasteiger partial charge in [0.1, 0.15) is 5.69 Å². The number of hydrogen-bond acceptors (Lipinski definition) is 3. The average molecular weight is 513 g/mol. The van der Waals surface area contributed by atoms with Gasteiger partial charge in [-0.1, -0.05) is 107 Å². The number of aromatic nitrogens is 1. The number of thioether (sulfide) groups is 1. The van der Waals surface area contributed by atoms with E-state index in [0.29, 0.717) is 5.92 Å². The molecule has 1 aromatic heterocycles. The second-order valence-electron chi connectivity index (χ2n) is 9.71. The Bertz CT molecular complexity index is 1070. The minimum absolute atomic E-state index is 0.717. The second-order valence-corrected chi connectivity index (χ2v) is 11.7. The number of hydrogen-bond donors (Lipinski definition) is 1. The predicted molar refractivity (Wildman–Crippen MR) is 156 cm³/mol. The molecule has 0 aliphatic heterocycles. The van der Waals surface area contributed by atoms with Crippen LogP contribution in [-0.4, -0.2) is 17.0 Å². The molecule has 2 aromatic carbocycles. The molecule has 3 rings (SSSR count). The standard InChI is InChI=1S/C30H45N3S2/c1-5-9-15-24(7-3)21-31-26-17-11-13-19-28(26)34-23-32-30-33(22-25(8-4)16-10-6-2)27-18-12-14-20-29(27)35-30/h11-14,17-20,24-25,31H,5-10,15-16,21-23H2,1-4H3/p+1/b32-30-. The Kier molecular flexibility index (Phi) is 12.4. The van der Waals surface area contributed by atoms with Crippen molar-refractivity contribution in [1.29, 1.82) is 0 Å². The SMILES string of the molecule is CCCCC(CC)C[NH2+]c1ccccc1SC/N=c1\sc2ccccc2n1CC(CC)CCCC. The molecule has 192 valence electrons. The summed E-state index contributed by atoms with van der Waals surface area (Å²) in [6, 6.07) is 17.7. The molecule has 0 fully saturated rings. The summed E-state index contributed by atoms with van der Waals surface area (Å²) >= 11 is 3.71. The fraction of sp³-hybridized carbons (Fsp3) is 0.567. The van der Waals surface area contributed by atoms with Gasteiger partial charge in [0.25, 0.3) is 0 Å². The van der Waals surface area contributed by atoms with Gasteiger partial charge in [0.2, 0.25) is 0 Å². The molecular formula is C30H46N3S2+. The molecule has 0 spiro atoms. The molecule has 0 radical (unpaired) electrons. The summed E-state index contributed by atoms with van der Waals surface area (Å²) in [7, 11) is 0. The maximum absolute atomic E-state index is 5.13. The van der Waals surface area contributed by atoms with Crippen molar-refractivity contribution in [2.24, 2.45) is 16.8 Å². The summed E-state index contributed by atoms with van der Waals surface area (Å²) in [4.78, 5) is 7.65. The molecule has 35 heavy (non-hydrogen) atoms. The summed E-state index contributed by atoms with van der Waals surface area (Å²) in [5.74, 6) is 2.28. The van der Waals surface area contributed by atoms with E-state index in [1.165, 1.54) is 83.5 Å². The molecule has 5 heteroatoms. The molecule has 2 N–H and O–H groups in total. The molecule has 3 nitrogen and oxygen atoms in total. The first-order valence-corrected chi connectivity index (χ1v) is 15.6. The van der Waals surface area contributed by atoms with Crippen LogP contribution in [0.15, 0.2) is 58.4 Å². The van der Waals surface area contributed by atoms with Gasteiger partial charge in [-0.25, -0.2) is 4.99 Å². The first-order valence-electron chi connectivity index (χ1n) is 13.8. The van der Waals surface area contributed by atoms with Crippen LogP contribution in [0.2, 0.25) is 0 Å². The van der Waals surface area contributed by atoms with E-state index >= 15 is 0 Å². The van der Waals surface area contributed by atoms with Gasteiger partial charge in [0.15, 0.2) is 4.80 Å². The minimum atomic E-state index is 0.717. The van der Waals surface area contributed by atoms with Crippen molar-refractivity contribution < 1.29 is 5.32 Å². The van der Waals surface area contributed by atoms with Crippen LogP contribution in [0.25, 0.3) is 10.2 Å². The molecule has 0 aliphatic carbocycles. The number of quaternary nitrogens is 1. The summed E-state index contributed by atoms with van der Waals surface area (Å²) < 4.78 is 3.83. The number of fused-ring (bicyclic) bond motifs is 1. The van der Waals surface area contributed by atoms with Gasteiger partial charge in [-0.05, 0) is 43.4 Å². The largest absolute Gasteiger partial charge is 0.316 e. The number of thiazole rings is 1. The molecule has 3 aromatic rings. The lowest BCUT2D eigenvalue weighted by molar-refractivity contribution is -0.581. The van der Waals surface area contributed by atoms with Gasteiger partial charge in [-0.15, -0.1) is 0 Å². The Balaban J connectivity index is 1.74. The highest BCUT2D eigenvalue weighted by molar-refractivity contribution is 7.99. The Hall–Kier alpha value is -1.56. The van der Waals surface area contributed by atoms with E-state index in [1.807, 2.05) is 23.1 Å². The Labute approximate surface area is 221 Å². The quantitative estimate of drug-likeness (QED) is 0.153. The molecule has 0 aliphatic rings. The van der Waals surface area contributed by atoms with Gasteiger partial charge in [-0.3, -0.25) is 0 Å². The molecule has 2 atom stereocenters. The Morgan fingerprint density at radius 2 is 1.57 bits per heavy atom. The van der Waals surface area contributed by atoms with E-state index in [-0.39, 0.29) is 0 Å². The van der Waals surface area contributed by atoms with Crippen molar-refractivity contribution in [3.05, 3.63) is 53.3 Å². The van der Waals surface area contributed by atoms with Crippen LogP contribution in [0.1, 0.15) is 79.1 Å². The van der Waals surface area contributed by atoms with E-state index in [2.05, 4.69) is 86.1 Å². The van der Waals surface area contributed by atoms with Crippen molar-refractivity contribution in [2.45, 2.75) is 90.5 Å². The van der Waals surface area contributed by atoms with Crippen LogP contribution >= 0.6 is 23.1 Å². The zero-order valence-electron chi connectivity index (χ0n) is 22.3. The fourth-order valence-corrected chi connectivity index (χ4v) is 6.64. The molecule has 0 saturated heterocycles. The van der Waals surface area contributed by atoms with Crippen LogP contribution in [0.4, 0.5) is 5.69 Å². The summed E-state index contributed by atoms with van der Waals surface area (Å²) in [5, 5.41) is 2.46. The van der Waals surface area contributed by atoms with Crippen molar-refractivity contribution in [3.8, 4) is 0 Å². The van der Waals surface area contributed by atoms with Crippen LogP contribution in [0.3, 0.4) is 0 Å². The Morgan fingerprint density at radius 3 is 2.31 bits per heavy atom. The normalized spacial score (nSPS) is 14.0. The predicted octanol–water partition coefficient (Wildman–Crippen LogP) is 7.98. The minimum Gasteiger partial charge on any atom is -0.316 e. The number of nitrogens with two attached hydrogens (primary N) is 1. The Morgan fingerprint density at radius 1 is 0.886 bits per heavy atom. The number of nitrogens with zero attached hydrogens (tertiary/aromatic N) is 2. The zero-order chi connectivity index (χ0) is 24.9. The van der Waals surface area contributed by atoms with Gasteiger partial charge in [-0.2, -0.15) is 0 Å². The van der Waals surface area contributed by atoms with Gasteiger partial charge in [0.05, 0.1) is 27.5 Å². The van der Waals surface area contributed by atoms with Crippen LogP contribution in [0, 0.1) is 11.8 Å². The fourth-order valence-electron chi connectivity index (χ4n) is 4.71. The zero-order valence-corrected chi connectivity index (χ0v) is 24.0. The van der Waals surface area contributed by atoms with Gasteiger partial charge < -0.3 is 9.88 Å². The van der Waals surface area contributed by atoms with E-state index in [9.17, 15) is 0 Å². The van der Waals surface area contributed by atoms with Crippen LogP contribution < -0.4 is 10.1 Å². The van der Waals surface area contributed by atoms with E-state index < -0.39 is 0 Å². The summed E-state index contributed by atoms with van der Waals surface area (Å²) in [6.07, 6.45) is 10.4.